The molecule has 5 heteroatoms. The number of fused-ring (bicyclic) bond motifs is 2. The summed E-state index contributed by atoms with van der Waals surface area (Å²) in [5.74, 6) is 0. The van der Waals surface area contributed by atoms with Crippen molar-refractivity contribution in [1.82, 2.24) is 10.2 Å². The third-order valence-electron chi connectivity index (χ3n) is 4.25. The van der Waals surface area contributed by atoms with Crippen molar-refractivity contribution in [3.63, 3.8) is 0 Å². The van der Waals surface area contributed by atoms with Crippen LogP contribution in [0.3, 0.4) is 0 Å². The molecule has 2 heterocycles. The van der Waals surface area contributed by atoms with Crippen molar-refractivity contribution >= 4 is 12.4 Å². The minimum Gasteiger partial charge on any atom is -0.310 e. The van der Waals surface area contributed by atoms with E-state index in [0.717, 1.165) is 25.2 Å². The molecule has 0 saturated carbocycles. The topological polar surface area (TPSA) is 15.3 Å². The number of nitrogens with zero attached hydrogens (tertiary/aromatic N) is 1. The van der Waals surface area contributed by atoms with E-state index in [4.69, 9.17) is 0 Å². The fourth-order valence-corrected chi connectivity index (χ4v) is 3.19. The summed E-state index contributed by atoms with van der Waals surface area (Å²) < 4.78 is 25.0. The van der Waals surface area contributed by atoms with E-state index < -0.39 is 6.43 Å². The van der Waals surface area contributed by atoms with E-state index in [1.807, 2.05) is 12.1 Å². The lowest BCUT2D eigenvalue weighted by atomic mass is 10.1. The lowest BCUT2D eigenvalue weighted by Gasteiger charge is -2.24. The predicted molar refractivity (Wildman–Crippen MR) is 78.5 cm³/mol. The van der Waals surface area contributed by atoms with Crippen LogP contribution in [-0.4, -0.2) is 30.1 Å². The molecule has 0 aliphatic carbocycles. The Kier molecular flexibility index (Phi) is 5.35. The van der Waals surface area contributed by atoms with Crippen LogP contribution in [0.2, 0.25) is 0 Å². The van der Waals surface area contributed by atoms with Crippen molar-refractivity contribution in [1.29, 1.82) is 0 Å². The molecule has 0 aromatic heterocycles. The van der Waals surface area contributed by atoms with Crippen molar-refractivity contribution in [2.75, 3.05) is 13.1 Å². The molecule has 2 aliphatic rings. The highest BCUT2D eigenvalue weighted by Gasteiger charge is 2.28. The molecule has 1 aromatic rings. The van der Waals surface area contributed by atoms with Gasteiger partial charge in [0.05, 0.1) is 0 Å². The average Bonchev–Trinajstić information content (AvgIpc) is 2.73. The predicted octanol–water partition coefficient (Wildman–Crippen LogP) is 3.37. The zero-order chi connectivity index (χ0) is 13.2. The summed E-state index contributed by atoms with van der Waals surface area (Å²) >= 11 is 0. The van der Waals surface area contributed by atoms with Crippen molar-refractivity contribution in [3.05, 3.63) is 35.4 Å². The number of hydrogen-bond acceptors (Lipinski definition) is 2. The number of hydrogen-bond donors (Lipinski definition) is 1. The van der Waals surface area contributed by atoms with Crippen LogP contribution in [0, 0.1) is 0 Å². The van der Waals surface area contributed by atoms with Gasteiger partial charge >= 0.3 is 0 Å². The number of benzene rings is 1. The standard InChI is InChI=1S/C15H20F2N2.ClH/c16-15(17)12-3-1-11(2-4-12)9-19-8-7-13-5-6-14(10-19)18-13;/h1-4,13-15,18H,5-10H2;1H. The molecule has 2 aliphatic heterocycles. The number of halogens is 3. The minimum absolute atomic E-state index is 0. The van der Waals surface area contributed by atoms with Crippen LogP contribution in [0.15, 0.2) is 24.3 Å². The molecule has 2 unspecified atom stereocenters. The van der Waals surface area contributed by atoms with Gasteiger partial charge in [-0.1, -0.05) is 24.3 Å². The highest BCUT2D eigenvalue weighted by Crippen LogP contribution is 2.23. The van der Waals surface area contributed by atoms with Gasteiger partial charge in [-0.05, 0) is 24.8 Å². The van der Waals surface area contributed by atoms with Crippen molar-refractivity contribution in [3.8, 4) is 0 Å². The zero-order valence-electron chi connectivity index (χ0n) is 11.4. The summed E-state index contributed by atoms with van der Waals surface area (Å²) in [5, 5.41) is 3.65. The van der Waals surface area contributed by atoms with Crippen LogP contribution in [0.4, 0.5) is 8.78 Å². The molecule has 1 N–H and O–H groups in total. The normalized spacial score (nSPS) is 26.4. The second-order valence-electron chi connectivity index (χ2n) is 5.70. The highest BCUT2D eigenvalue weighted by atomic mass is 35.5. The SMILES string of the molecule is Cl.FC(F)c1ccc(CN2CCC3CCC(C2)N3)cc1. The minimum atomic E-state index is -2.37. The first kappa shape index (κ1) is 15.7. The summed E-state index contributed by atoms with van der Waals surface area (Å²) in [5.41, 5.74) is 1.24. The molecule has 3 rings (SSSR count). The Labute approximate surface area is 124 Å². The fraction of sp³-hybridized carbons (Fsp3) is 0.600. The lowest BCUT2D eigenvalue weighted by Crippen LogP contribution is -2.34. The summed E-state index contributed by atoms with van der Waals surface area (Å²) in [6.45, 7) is 3.05. The number of alkyl halides is 2. The Balaban J connectivity index is 0.00000147. The van der Waals surface area contributed by atoms with Gasteiger partial charge in [-0.25, -0.2) is 8.78 Å². The molecule has 2 fully saturated rings. The molecule has 2 atom stereocenters. The zero-order valence-corrected chi connectivity index (χ0v) is 12.2. The summed E-state index contributed by atoms with van der Waals surface area (Å²) in [4.78, 5) is 2.44. The summed E-state index contributed by atoms with van der Waals surface area (Å²) in [6.07, 6.45) is 1.41. The average molecular weight is 303 g/mol. The van der Waals surface area contributed by atoms with Gasteiger partial charge < -0.3 is 5.32 Å². The Morgan fingerprint density at radius 2 is 1.80 bits per heavy atom. The van der Waals surface area contributed by atoms with Crippen LogP contribution in [0.25, 0.3) is 0 Å². The maximum Gasteiger partial charge on any atom is 0.263 e. The van der Waals surface area contributed by atoms with Crippen molar-refractivity contribution in [2.45, 2.75) is 44.3 Å². The van der Waals surface area contributed by atoms with Crippen LogP contribution >= 0.6 is 12.4 Å². The van der Waals surface area contributed by atoms with Gasteiger partial charge in [0.1, 0.15) is 0 Å². The Morgan fingerprint density at radius 1 is 1.10 bits per heavy atom. The summed E-state index contributed by atoms with van der Waals surface area (Å²) in [6, 6.07) is 8.06. The fourth-order valence-electron chi connectivity index (χ4n) is 3.19. The van der Waals surface area contributed by atoms with Gasteiger partial charge in [-0.3, -0.25) is 4.90 Å². The maximum absolute atomic E-state index is 12.5. The van der Waals surface area contributed by atoms with Gasteiger partial charge in [-0.15, -0.1) is 12.4 Å². The number of likely N-dealkylation sites (tertiary alicyclic amines) is 1. The van der Waals surface area contributed by atoms with Crippen LogP contribution in [-0.2, 0) is 6.54 Å². The molecule has 20 heavy (non-hydrogen) atoms. The Hall–Kier alpha value is -0.710. The highest BCUT2D eigenvalue weighted by molar-refractivity contribution is 5.85. The molecule has 2 bridgehead atoms. The Morgan fingerprint density at radius 3 is 2.50 bits per heavy atom. The van der Waals surface area contributed by atoms with Crippen LogP contribution < -0.4 is 5.32 Å². The first-order valence-corrected chi connectivity index (χ1v) is 7.06. The molecule has 0 amide bonds. The van der Waals surface area contributed by atoms with E-state index in [-0.39, 0.29) is 18.0 Å². The van der Waals surface area contributed by atoms with E-state index in [9.17, 15) is 8.78 Å². The van der Waals surface area contributed by atoms with E-state index in [2.05, 4.69) is 10.2 Å². The van der Waals surface area contributed by atoms with Gasteiger partial charge in [0, 0.05) is 37.3 Å². The molecule has 2 nitrogen and oxygen atoms in total. The van der Waals surface area contributed by atoms with E-state index >= 15 is 0 Å². The largest absolute Gasteiger partial charge is 0.310 e. The van der Waals surface area contributed by atoms with Gasteiger partial charge in [0.25, 0.3) is 6.43 Å². The van der Waals surface area contributed by atoms with Gasteiger partial charge in [0.2, 0.25) is 0 Å². The van der Waals surface area contributed by atoms with Crippen molar-refractivity contribution < 1.29 is 8.78 Å². The van der Waals surface area contributed by atoms with Crippen molar-refractivity contribution in [2.24, 2.45) is 0 Å². The molecule has 0 radical (unpaired) electrons. The van der Waals surface area contributed by atoms with E-state index in [1.54, 1.807) is 12.1 Å². The van der Waals surface area contributed by atoms with E-state index in [0.29, 0.717) is 12.1 Å². The van der Waals surface area contributed by atoms with Gasteiger partial charge in [0.15, 0.2) is 0 Å². The molecule has 1 aromatic carbocycles. The van der Waals surface area contributed by atoms with Gasteiger partial charge in [-0.2, -0.15) is 0 Å². The second kappa shape index (κ2) is 6.83. The smallest absolute Gasteiger partial charge is 0.263 e. The third kappa shape index (κ3) is 3.68. The quantitative estimate of drug-likeness (QED) is 0.921. The first-order valence-electron chi connectivity index (χ1n) is 7.06. The number of nitrogens with one attached hydrogen (secondary N) is 1. The summed E-state index contributed by atoms with van der Waals surface area (Å²) in [7, 11) is 0. The molecule has 112 valence electrons. The molecular weight excluding hydrogens is 282 g/mol. The maximum atomic E-state index is 12.5. The number of rotatable bonds is 3. The van der Waals surface area contributed by atoms with Crippen LogP contribution in [0.1, 0.15) is 36.8 Å². The monoisotopic (exact) mass is 302 g/mol. The third-order valence-corrected chi connectivity index (χ3v) is 4.25. The van der Waals surface area contributed by atoms with Crippen LogP contribution in [0.5, 0.6) is 0 Å². The second-order valence-corrected chi connectivity index (χ2v) is 5.70. The molecule has 2 saturated heterocycles. The lowest BCUT2D eigenvalue weighted by molar-refractivity contribution is 0.151. The molecule has 0 spiro atoms. The first-order chi connectivity index (χ1) is 9.20. The van der Waals surface area contributed by atoms with E-state index in [1.165, 1.54) is 19.3 Å². The Bertz CT molecular complexity index is 424. The molecular formula is C15H21ClF2N2.